The Bertz CT molecular complexity index is 527. The molecule has 0 spiro atoms. The molecule has 7 heteroatoms. The summed E-state index contributed by atoms with van der Waals surface area (Å²) in [5.74, 6) is -2.08. The second kappa shape index (κ2) is 11.1. The summed E-state index contributed by atoms with van der Waals surface area (Å²) in [5.41, 5.74) is 1.12. The molecule has 1 aromatic rings. The van der Waals surface area contributed by atoms with E-state index in [4.69, 9.17) is 29.3 Å². The maximum Gasteiger partial charge on any atom is 0.414 e. The normalized spacial score (nSPS) is 10.1. The van der Waals surface area contributed by atoms with Crippen molar-refractivity contribution in [3.63, 3.8) is 0 Å². The third-order valence-corrected chi connectivity index (χ3v) is 2.53. The number of ether oxygens (including phenoxy) is 2. The van der Waals surface area contributed by atoms with Crippen LogP contribution in [0.25, 0.3) is 6.08 Å². The van der Waals surface area contributed by atoms with Gasteiger partial charge in [-0.3, -0.25) is 0 Å². The number of aliphatic carboxylic acids is 2. The average Bonchev–Trinajstić information content (AvgIpc) is 2.49. The summed E-state index contributed by atoms with van der Waals surface area (Å²) < 4.78 is 11.0. The number of allylic oxidation sites excluding steroid dienone is 1. The SMILES string of the molecule is CC=Cc1ccc(OCCN(C)C)c(OC)c1.O=C(O)C(=O)O. The third kappa shape index (κ3) is 9.15. The second-order valence-electron chi connectivity index (χ2n) is 4.67. The molecule has 0 atom stereocenters. The van der Waals surface area contributed by atoms with Gasteiger partial charge in [0.1, 0.15) is 6.61 Å². The van der Waals surface area contributed by atoms with Crippen LogP contribution in [-0.2, 0) is 9.59 Å². The van der Waals surface area contributed by atoms with Crippen LogP contribution in [0.1, 0.15) is 12.5 Å². The lowest BCUT2D eigenvalue weighted by Crippen LogP contribution is -2.19. The van der Waals surface area contributed by atoms with Gasteiger partial charge in [0.25, 0.3) is 0 Å². The molecule has 128 valence electrons. The fourth-order valence-electron chi connectivity index (χ4n) is 1.44. The first kappa shape index (κ1) is 20.5. The van der Waals surface area contributed by atoms with E-state index >= 15 is 0 Å². The monoisotopic (exact) mass is 325 g/mol. The molecule has 0 fully saturated rings. The third-order valence-electron chi connectivity index (χ3n) is 2.53. The molecule has 0 amide bonds. The van der Waals surface area contributed by atoms with Crippen molar-refractivity contribution in [2.45, 2.75) is 6.92 Å². The molecule has 1 rings (SSSR count). The molecule has 0 aliphatic heterocycles. The van der Waals surface area contributed by atoms with Crippen molar-refractivity contribution in [3.05, 3.63) is 29.8 Å². The van der Waals surface area contributed by atoms with Crippen LogP contribution in [0.4, 0.5) is 0 Å². The first-order chi connectivity index (χ1) is 10.8. The summed E-state index contributed by atoms with van der Waals surface area (Å²) in [6, 6.07) is 5.95. The van der Waals surface area contributed by atoms with Crippen LogP contribution in [0, 0.1) is 0 Å². The number of likely N-dealkylation sites (N-methyl/N-ethyl adjacent to an activating group) is 1. The predicted octanol–water partition coefficient (Wildman–Crippen LogP) is 1.82. The molecule has 7 nitrogen and oxygen atoms in total. The van der Waals surface area contributed by atoms with Gasteiger partial charge in [-0.25, -0.2) is 9.59 Å². The average molecular weight is 325 g/mol. The van der Waals surface area contributed by atoms with E-state index in [9.17, 15) is 0 Å². The van der Waals surface area contributed by atoms with Gasteiger partial charge < -0.3 is 24.6 Å². The van der Waals surface area contributed by atoms with Crippen molar-refractivity contribution in [2.24, 2.45) is 0 Å². The van der Waals surface area contributed by atoms with Crippen LogP contribution in [0.15, 0.2) is 24.3 Å². The zero-order valence-electron chi connectivity index (χ0n) is 13.8. The molecule has 0 saturated carbocycles. The highest BCUT2D eigenvalue weighted by molar-refractivity contribution is 6.27. The number of carbonyl (C=O) groups is 2. The van der Waals surface area contributed by atoms with E-state index in [2.05, 4.69) is 4.90 Å². The summed E-state index contributed by atoms with van der Waals surface area (Å²) >= 11 is 0. The Morgan fingerprint density at radius 1 is 1.17 bits per heavy atom. The maximum atomic E-state index is 9.10. The molecule has 0 unspecified atom stereocenters. The molecule has 1 aromatic carbocycles. The lowest BCUT2D eigenvalue weighted by Gasteiger charge is -2.13. The zero-order valence-corrected chi connectivity index (χ0v) is 13.8. The van der Waals surface area contributed by atoms with Gasteiger partial charge in [0.15, 0.2) is 11.5 Å². The lowest BCUT2D eigenvalue weighted by atomic mass is 10.2. The number of methoxy groups -OCH3 is 1. The molecule has 0 aliphatic rings. The van der Waals surface area contributed by atoms with Gasteiger partial charge in [-0.05, 0) is 38.7 Å². The highest BCUT2D eigenvalue weighted by atomic mass is 16.5. The number of benzene rings is 1. The second-order valence-corrected chi connectivity index (χ2v) is 4.67. The van der Waals surface area contributed by atoms with Crippen molar-refractivity contribution in [1.82, 2.24) is 4.90 Å². The molecular weight excluding hydrogens is 302 g/mol. The van der Waals surface area contributed by atoms with Gasteiger partial charge in [-0.2, -0.15) is 0 Å². The molecule has 23 heavy (non-hydrogen) atoms. The Morgan fingerprint density at radius 2 is 1.78 bits per heavy atom. The van der Waals surface area contributed by atoms with E-state index in [1.54, 1.807) is 7.11 Å². The highest BCUT2D eigenvalue weighted by Crippen LogP contribution is 2.28. The van der Waals surface area contributed by atoms with E-state index < -0.39 is 11.9 Å². The van der Waals surface area contributed by atoms with Crippen molar-refractivity contribution >= 4 is 18.0 Å². The summed E-state index contributed by atoms with van der Waals surface area (Å²) in [4.78, 5) is 20.3. The van der Waals surface area contributed by atoms with Crippen molar-refractivity contribution in [3.8, 4) is 11.5 Å². The van der Waals surface area contributed by atoms with Gasteiger partial charge in [-0.1, -0.05) is 18.2 Å². The van der Waals surface area contributed by atoms with Gasteiger partial charge in [-0.15, -0.1) is 0 Å². The van der Waals surface area contributed by atoms with E-state index in [-0.39, 0.29) is 0 Å². The first-order valence-electron chi connectivity index (χ1n) is 6.86. The number of carboxylic acids is 2. The fraction of sp³-hybridized carbons (Fsp3) is 0.375. The van der Waals surface area contributed by atoms with Crippen molar-refractivity contribution in [1.29, 1.82) is 0 Å². The van der Waals surface area contributed by atoms with Gasteiger partial charge in [0, 0.05) is 6.54 Å². The summed E-state index contributed by atoms with van der Waals surface area (Å²) in [6.07, 6.45) is 4.04. The number of rotatable bonds is 6. The van der Waals surface area contributed by atoms with Gasteiger partial charge in [0.2, 0.25) is 0 Å². The van der Waals surface area contributed by atoms with Gasteiger partial charge >= 0.3 is 11.9 Å². The molecule has 0 aromatic heterocycles. The first-order valence-corrected chi connectivity index (χ1v) is 6.86. The number of hydrogen-bond acceptors (Lipinski definition) is 5. The summed E-state index contributed by atoms with van der Waals surface area (Å²) in [5, 5.41) is 14.8. The minimum absolute atomic E-state index is 0.659. The van der Waals surface area contributed by atoms with E-state index in [1.807, 2.05) is 51.4 Å². The fourth-order valence-corrected chi connectivity index (χ4v) is 1.44. The summed E-state index contributed by atoms with van der Waals surface area (Å²) in [7, 11) is 5.71. The largest absolute Gasteiger partial charge is 0.493 e. The molecule has 0 aliphatic carbocycles. The smallest absolute Gasteiger partial charge is 0.414 e. The van der Waals surface area contributed by atoms with Crippen molar-refractivity contribution < 1.29 is 29.3 Å². The zero-order chi connectivity index (χ0) is 17.8. The Labute approximate surface area is 135 Å². The van der Waals surface area contributed by atoms with Gasteiger partial charge in [0.05, 0.1) is 7.11 Å². The number of nitrogens with zero attached hydrogens (tertiary/aromatic N) is 1. The lowest BCUT2D eigenvalue weighted by molar-refractivity contribution is -0.159. The minimum atomic E-state index is -1.82. The molecule has 0 saturated heterocycles. The highest BCUT2D eigenvalue weighted by Gasteiger charge is 2.05. The minimum Gasteiger partial charge on any atom is -0.493 e. The maximum absolute atomic E-state index is 9.10. The number of carboxylic acid groups (broad SMARTS) is 2. The Kier molecular flexibility index (Phi) is 9.86. The van der Waals surface area contributed by atoms with E-state index in [0.717, 1.165) is 23.6 Å². The Balaban J connectivity index is 0.000000688. The van der Waals surface area contributed by atoms with Crippen LogP contribution in [0.2, 0.25) is 0 Å². The number of hydrogen-bond donors (Lipinski definition) is 2. The quantitative estimate of drug-likeness (QED) is 0.770. The predicted molar refractivity (Wildman–Crippen MR) is 87.0 cm³/mol. The van der Waals surface area contributed by atoms with Crippen LogP contribution < -0.4 is 9.47 Å². The van der Waals surface area contributed by atoms with Crippen LogP contribution >= 0.6 is 0 Å². The molecular formula is C16H23NO6. The van der Waals surface area contributed by atoms with E-state index in [0.29, 0.717) is 6.61 Å². The van der Waals surface area contributed by atoms with Crippen LogP contribution in [-0.4, -0.2) is 61.4 Å². The Morgan fingerprint density at radius 3 is 2.22 bits per heavy atom. The van der Waals surface area contributed by atoms with Crippen LogP contribution in [0.5, 0.6) is 11.5 Å². The topological polar surface area (TPSA) is 96.3 Å². The van der Waals surface area contributed by atoms with Crippen LogP contribution in [0.3, 0.4) is 0 Å². The molecule has 0 radical (unpaired) electrons. The molecule has 2 N–H and O–H groups in total. The van der Waals surface area contributed by atoms with Crippen molar-refractivity contribution in [2.75, 3.05) is 34.4 Å². The summed E-state index contributed by atoms with van der Waals surface area (Å²) in [6.45, 7) is 3.54. The standard InChI is InChI=1S/C14H21NO2.C2H2O4/c1-5-6-12-7-8-13(14(11-12)16-4)17-10-9-15(2)3;3-1(4)2(5)6/h5-8,11H,9-10H2,1-4H3;(H,3,4)(H,5,6). The molecule has 0 heterocycles. The molecule has 0 bridgehead atoms. The Hall–Kier alpha value is -2.54. The van der Waals surface area contributed by atoms with E-state index in [1.165, 1.54) is 0 Å².